The number of nitrogens with zero attached hydrogens (tertiary/aromatic N) is 4. The molecule has 0 aliphatic carbocycles. The van der Waals surface area contributed by atoms with Crippen molar-refractivity contribution in [1.82, 2.24) is 19.5 Å². The average Bonchev–Trinajstić information content (AvgIpc) is 2.95. The maximum atomic E-state index is 5.82. The van der Waals surface area contributed by atoms with E-state index in [2.05, 4.69) is 24.8 Å². The van der Waals surface area contributed by atoms with Crippen molar-refractivity contribution < 1.29 is 4.74 Å². The Morgan fingerprint density at radius 1 is 1.25 bits per heavy atom. The number of hydrogen-bond acceptors (Lipinski definition) is 6. The summed E-state index contributed by atoms with van der Waals surface area (Å²) in [5.41, 5.74) is 8.52. The Morgan fingerprint density at radius 3 is 2.88 bits per heavy atom. The van der Waals surface area contributed by atoms with Crippen molar-refractivity contribution in [1.29, 1.82) is 0 Å². The number of fused-ring (bicyclic) bond motifs is 1. The highest BCUT2D eigenvalue weighted by Crippen LogP contribution is 2.23. The first kappa shape index (κ1) is 16.2. The lowest BCUT2D eigenvalue weighted by Gasteiger charge is -2.12. The maximum absolute atomic E-state index is 5.82. The van der Waals surface area contributed by atoms with Crippen molar-refractivity contribution in [2.75, 3.05) is 24.2 Å². The average molecular weight is 326 g/mol. The lowest BCUT2D eigenvalue weighted by atomic mass is 10.3. The predicted octanol–water partition coefficient (Wildman–Crippen LogP) is 2.29. The standard InChI is InChI=1S/C17H22N6O/c1-12(2)24-10-8-20-16-15-14(21-17(18)22-16)6-9-23(15)11-13-5-3-4-7-19-13/h3-7,9,12H,8,10-11H2,1-2H3,(H3,18,20,21,22). The Hall–Kier alpha value is -2.67. The Balaban J connectivity index is 1.85. The van der Waals surface area contributed by atoms with E-state index >= 15 is 0 Å². The third-order valence-corrected chi connectivity index (χ3v) is 3.53. The summed E-state index contributed by atoms with van der Waals surface area (Å²) in [4.78, 5) is 13.0. The summed E-state index contributed by atoms with van der Waals surface area (Å²) in [7, 11) is 0. The van der Waals surface area contributed by atoms with Crippen LogP contribution in [0.5, 0.6) is 0 Å². The normalized spacial score (nSPS) is 11.3. The van der Waals surface area contributed by atoms with Crippen molar-refractivity contribution in [2.24, 2.45) is 0 Å². The van der Waals surface area contributed by atoms with Gasteiger partial charge in [0.15, 0.2) is 5.82 Å². The molecular weight excluding hydrogens is 304 g/mol. The monoisotopic (exact) mass is 326 g/mol. The molecule has 0 fully saturated rings. The Morgan fingerprint density at radius 2 is 2.12 bits per heavy atom. The Bertz CT molecular complexity index is 799. The molecule has 0 bridgehead atoms. The van der Waals surface area contributed by atoms with Crippen molar-refractivity contribution in [3.8, 4) is 0 Å². The minimum absolute atomic E-state index is 0.204. The van der Waals surface area contributed by atoms with Gasteiger partial charge in [0.2, 0.25) is 5.95 Å². The molecule has 3 aromatic heterocycles. The van der Waals surface area contributed by atoms with E-state index in [-0.39, 0.29) is 12.1 Å². The fourth-order valence-corrected chi connectivity index (χ4v) is 2.51. The summed E-state index contributed by atoms with van der Waals surface area (Å²) in [6, 6.07) is 7.81. The molecule has 0 atom stereocenters. The largest absolute Gasteiger partial charge is 0.377 e. The fraction of sp³-hybridized carbons (Fsp3) is 0.353. The molecule has 3 aromatic rings. The van der Waals surface area contributed by atoms with Gasteiger partial charge in [-0.2, -0.15) is 4.98 Å². The molecule has 7 nitrogen and oxygen atoms in total. The third kappa shape index (κ3) is 3.80. The van der Waals surface area contributed by atoms with Crippen LogP contribution in [0.1, 0.15) is 19.5 Å². The van der Waals surface area contributed by atoms with Crippen molar-refractivity contribution in [2.45, 2.75) is 26.5 Å². The van der Waals surface area contributed by atoms with Crippen LogP contribution in [0.2, 0.25) is 0 Å². The molecule has 24 heavy (non-hydrogen) atoms. The number of aromatic nitrogens is 4. The van der Waals surface area contributed by atoms with Gasteiger partial charge >= 0.3 is 0 Å². The molecule has 3 heterocycles. The van der Waals surface area contributed by atoms with Crippen LogP contribution in [-0.2, 0) is 11.3 Å². The number of ether oxygens (including phenoxy) is 1. The molecule has 126 valence electrons. The first-order valence-electron chi connectivity index (χ1n) is 8.01. The number of rotatable bonds is 7. The van der Waals surface area contributed by atoms with Crippen molar-refractivity contribution in [3.05, 3.63) is 42.4 Å². The summed E-state index contributed by atoms with van der Waals surface area (Å²) in [5.74, 6) is 0.969. The highest BCUT2D eigenvalue weighted by Gasteiger charge is 2.12. The number of nitrogen functional groups attached to an aromatic ring is 1. The summed E-state index contributed by atoms with van der Waals surface area (Å²) in [6.45, 7) is 5.93. The maximum Gasteiger partial charge on any atom is 0.222 e. The number of anilines is 2. The van der Waals surface area contributed by atoms with Gasteiger partial charge in [-0.1, -0.05) is 6.07 Å². The van der Waals surface area contributed by atoms with E-state index in [1.807, 2.05) is 44.3 Å². The Labute approximate surface area is 140 Å². The van der Waals surface area contributed by atoms with Crippen molar-refractivity contribution >= 4 is 22.8 Å². The van der Waals surface area contributed by atoms with Gasteiger partial charge < -0.3 is 20.4 Å². The summed E-state index contributed by atoms with van der Waals surface area (Å²) in [6.07, 6.45) is 3.97. The summed E-state index contributed by atoms with van der Waals surface area (Å²) in [5, 5.41) is 3.30. The zero-order valence-corrected chi connectivity index (χ0v) is 13.9. The van der Waals surface area contributed by atoms with E-state index in [0.717, 1.165) is 16.7 Å². The molecule has 0 aliphatic heterocycles. The van der Waals surface area contributed by atoms with Gasteiger partial charge in [-0.25, -0.2) is 4.98 Å². The van der Waals surface area contributed by atoms with E-state index in [1.54, 1.807) is 6.20 Å². The second-order valence-corrected chi connectivity index (χ2v) is 5.78. The van der Waals surface area contributed by atoms with Gasteiger partial charge in [0.1, 0.15) is 5.52 Å². The molecule has 0 radical (unpaired) electrons. The lowest BCUT2D eigenvalue weighted by Crippen LogP contribution is -2.15. The van der Waals surface area contributed by atoms with Crippen LogP contribution in [0.3, 0.4) is 0 Å². The summed E-state index contributed by atoms with van der Waals surface area (Å²) < 4.78 is 7.63. The number of nitrogens with two attached hydrogens (primary N) is 1. The topological polar surface area (TPSA) is 90.9 Å². The van der Waals surface area contributed by atoms with Gasteiger partial charge in [-0.05, 0) is 32.0 Å². The van der Waals surface area contributed by atoms with Crippen LogP contribution >= 0.6 is 0 Å². The first-order valence-corrected chi connectivity index (χ1v) is 8.01. The van der Waals surface area contributed by atoms with Crippen LogP contribution in [0.4, 0.5) is 11.8 Å². The zero-order chi connectivity index (χ0) is 16.9. The van der Waals surface area contributed by atoms with Crippen molar-refractivity contribution in [3.63, 3.8) is 0 Å². The van der Waals surface area contributed by atoms with E-state index < -0.39 is 0 Å². The minimum atomic E-state index is 0.204. The second-order valence-electron chi connectivity index (χ2n) is 5.78. The second kappa shape index (κ2) is 7.27. The molecule has 3 N–H and O–H groups in total. The zero-order valence-electron chi connectivity index (χ0n) is 13.9. The number of nitrogens with one attached hydrogen (secondary N) is 1. The highest BCUT2D eigenvalue weighted by molar-refractivity contribution is 5.87. The Kier molecular flexibility index (Phi) is 4.90. The molecule has 0 aliphatic rings. The molecule has 3 rings (SSSR count). The molecule has 0 spiro atoms. The first-order chi connectivity index (χ1) is 11.6. The highest BCUT2D eigenvalue weighted by atomic mass is 16.5. The minimum Gasteiger partial charge on any atom is -0.377 e. The van der Waals surface area contributed by atoms with Gasteiger partial charge in [-0.3, -0.25) is 4.98 Å². The molecular formula is C17H22N6O. The summed E-state index contributed by atoms with van der Waals surface area (Å²) >= 11 is 0. The van der Waals surface area contributed by atoms with Gasteiger partial charge in [0.05, 0.1) is 30.5 Å². The van der Waals surface area contributed by atoms with E-state index in [1.165, 1.54) is 0 Å². The third-order valence-electron chi connectivity index (χ3n) is 3.53. The van der Waals surface area contributed by atoms with E-state index in [4.69, 9.17) is 10.5 Å². The van der Waals surface area contributed by atoms with E-state index in [9.17, 15) is 0 Å². The van der Waals surface area contributed by atoms with Gasteiger partial charge in [0.25, 0.3) is 0 Å². The predicted molar refractivity (Wildman–Crippen MR) is 94.9 cm³/mol. The quantitative estimate of drug-likeness (QED) is 0.647. The number of pyridine rings is 1. The lowest BCUT2D eigenvalue weighted by molar-refractivity contribution is 0.0870. The molecule has 7 heteroatoms. The van der Waals surface area contributed by atoms with Crippen LogP contribution < -0.4 is 11.1 Å². The SMILES string of the molecule is CC(C)OCCNc1nc(N)nc2ccn(Cc3ccccn3)c12. The molecule has 0 unspecified atom stereocenters. The van der Waals surface area contributed by atoms with Gasteiger partial charge in [0, 0.05) is 18.9 Å². The van der Waals surface area contributed by atoms with Crippen LogP contribution in [0.15, 0.2) is 36.7 Å². The fourth-order valence-electron chi connectivity index (χ4n) is 2.51. The smallest absolute Gasteiger partial charge is 0.222 e. The van der Waals surface area contributed by atoms with Gasteiger partial charge in [-0.15, -0.1) is 0 Å². The van der Waals surface area contributed by atoms with Crippen LogP contribution in [0.25, 0.3) is 11.0 Å². The molecule has 0 aromatic carbocycles. The molecule has 0 amide bonds. The van der Waals surface area contributed by atoms with Crippen LogP contribution in [-0.4, -0.2) is 38.8 Å². The van der Waals surface area contributed by atoms with Crippen LogP contribution in [0, 0.1) is 0 Å². The number of hydrogen-bond donors (Lipinski definition) is 2. The van der Waals surface area contributed by atoms with E-state index in [0.29, 0.717) is 25.5 Å². The molecule has 0 saturated carbocycles. The molecule has 0 saturated heterocycles.